The SMILES string of the molecule is C[C@H](OC(=O)[B]Br)c1ccccc1. The molecule has 0 fully saturated rings. The van der Waals surface area contributed by atoms with E-state index in [-0.39, 0.29) is 12.0 Å². The van der Waals surface area contributed by atoms with Crippen LogP contribution in [0.25, 0.3) is 0 Å². The first-order chi connectivity index (χ1) is 6.24. The number of halogens is 1. The molecule has 2 nitrogen and oxygen atoms in total. The zero-order chi connectivity index (χ0) is 9.68. The van der Waals surface area contributed by atoms with E-state index in [1.807, 2.05) is 37.3 Å². The van der Waals surface area contributed by atoms with Gasteiger partial charge in [-0.15, -0.1) is 15.8 Å². The Labute approximate surface area is 86.5 Å². The fourth-order valence-electron chi connectivity index (χ4n) is 0.992. The molecule has 0 aliphatic heterocycles. The number of carbonyl (C=O) groups is 1. The van der Waals surface area contributed by atoms with Crippen LogP contribution in [0.5, 0.6) is 0 Å². The van der Waals surface area contributed by atoms with Crippen molar-refractivity contribution >= 4 is 27.7 Å². The second-order valence-corrected chi connectivity index (χ2v) is 3.06. The normalized spacial score (nSPS) is 11.8. The maximum Gasteiger partial charge on any atom is 0.350 e. The molecule has 0 aromatic heterocycles. The van der Waals surface area contributed by atoms with Crippen molar-refractivity contribution in [2.75, 3.05) is 0 Å². The standard InChI is InChI=1S/C9H9BBrO2/c1-7(13-9(12)10-11)8-5-3-2-4-6-8/h2-7H,1H3/t7-/m0/s1. The minimum absolute atomic E-state index is 0.206. The van der Waals surface area contributed by atoms with E-state index in [1.54, 1.807) is 0 Å². The van der Waals surface area contributed by atoms with Crippen LogP contribution in [0.15, 0.2) is 30.3 Å². The van der Waals surface area contributed by atoms with E-state index >= 15 is 0 Å². The quantitative estimate of drug-likeness (QED) is 0.759. The summed E-state index contributed by atoms with van der Waals surface area (Å²) >= 11 is 2.92. The molecule has 0 amide bonds. The van der Waals surface area contributed by atoms with Crippen LogP contribution in [-0.4, -0.2) is 12.0 Å². The first kappa shape index (κ1) is 10.3. The van der Waals surface area contributed by atoms with E-state index in [0.717, 1.165) is 5.56 Å². The predicted molar refractivity (Wildman–Crippen MR) is 56.0 cm³/mol. The Morgan fingerprint density at radius 2 is 2.08 bits per heavy atom. The molecule has 13 heavy (non-hydrogen) atoms. The van der Waals surface area contributed by atoms with Gasteiger partial charge >= 0.3 is 6.10 Å². The Morgan fingerprint density at radius 3 is 2.62 bits per heavy atom. The molecule has 0 heterocycles. The van der Waals surface area contributed by atoms with Crippen molar-refractivity contribution < 1.29 is 9.53 Å². The smallest absolute Gasteiger partial charge is 0.350 e. The van der Waals surface area contributed by atoms with Crippen molar-refractivity contribution in [2.45, 2.75) is 13.0 Å². The number of hydrogen-bond acceptors (Lipinski definition) is 2. The molecular formula is C9H9BBrO2. The summed E-state index contributed by atoms with van der Waals surface area (Å²) in [4.78, 5) is 10.9. The summed E-state index contributed by atoms with van der Waals surface area (Å²) in [6.07, 6.45) is 1.02. The largest absolute Gasteiger partial charge is 0.465 e. The summed E-state index contributed by atoms with van der Waals surface area (Å²) in [6, 6.07) is 9.60. The molecule has 4 heteroatoms. The molecule has 1 aromatic carbocycles. The molecule has 1 rings (SSSR count). The number of ether oxygens (including phenoxy) is 1. The van der Waals surface area contributed by atoms with Crippen molar-refractivity contribution in [3.8, 4) is 0 Å². The Balaban J connectivity index is 2.59. The van der Waals surface area contributed by atoms with E-state index in [4.69, 9.17) is 4.74 Å². The zero-order valence-electron chi connectivity index (χ0n) is 7.24. The fourth-order valence-corrected chi connectivity index (χ4v) is 1.10. The zero-order valence-corrected chi connectivity index (χ0v) is 8.82. The van der Waals surface area contributed by atoms with Crippen molar-refractivity contribution in [3.63, 3.8) is 0 Å². The summed E-state index contributed by atoms with van der Waals surface area (Å²) in [5.74, 6) is -0.364. The molecule has 67 valence electrons. The number of hydrogen-bond donors (Lipinski definition) is 0. The highest BCUT2D eigenvalue weighted by atomic mass is 79.9. The van der Waals surface area contributed by atoms with Gasteiger partial charge in [0.1, 0.15) is 6.10 Å². The molecule has 0 spiro atoms. The highest BCUT2D eigenvalue weighted by Crippen LogP contribution is 2.16. The fraction of sp³-hybridized carbons (Fsp3) is 0.222. The van der Waals surface area contributed by atoms with Gasteiger partial charge in [-0.2, -0.15) is 0 Å². The third-order valence-corrected chi connectivity index (χ3v) is 2.02. The summed E-state index contributed by atoms with van der Waals surface area (Å²) in [7, 11) is 0. The highest BCUT2D eigenvalue weighted by Gasteiger charge is 2.10. The Kier molecular flexibility index (Phi) is 4.02. The van der Waals surface area contributed by atoms with E-state index in [2.05, 4.69) is 15.8 Å². The molecule has 0 aliphatic carbocycles. The Hall–Kier alpha value is -0.765. The number of carbonyl (C=O) groups excluding carboxylic acids is 1. The van der Waals surface area contributed by atoms with Crippen LogP contribution in [0.3, 0.4) is 0 Å². The molecule has 0 unspecified atom stereocenters. The second kappa shape index (κ2) is 5.07. The number of rotatable bonds is 3. The van der Waals surface area contributed by atoms with Crippen LogP contribution in [0.2, 0.25) is 0 Å². The van der Waals surface area contributed by atoms with Crippen molar-refractivity contribution in [3.05, 3.63) is 35.9 Å². The lowest BCUT2D eigenvalue weighted by Gasteiger charge is -2.12. The van der Waals surface area contributed by atoms with E-state index in [9.17, 15) is 4.79 Å². The second-order valence-electron chi connectivity index (χ2n) is 2.60. The average molecular weight is 240 g/mol. The molecule has 0 N–H and O–H groups in total. The lowest BCUT2D eigenvalue weighted by Crippen LogP contribution is -2.09. The summed E-state index contributed by atoms with van der Waals surface area (Å²) in [6.45, 7) is 1.84. The lowest BCUT2D eigenvalue weighted by molar-refractivity contribution is 0.132. The van der Waals surface area contributed by atoms with Crippen LogP contribution in [0, 0.1) is 0 Å². The maximum atomic E-state index is 10.9. The van der Waals surface area contributed by atoms with Crippen LogP contribution < -0.4 is 0 Å². The van der Waals surface area contributed by atoms with Gasteiger partial charge in [-0.25, -0.2) is 0 Å². The van der Waals surface area contributed by atoms with Gasteiger partial charge in [-0.3, -0.25) is 4.79 Å². The van der Waals surface area contributed by atoms with Crippen molar-refractivity contribution in [1.29, 1.82) is 0 Å². The van der Waals surface area contributed by atoms with E-state index in [1.165, 1.54) is 6.10 Å². The van der Waals surface area contributed by atoms with Gasteiger partial charge in [0.2, 0.25) is 0 Å². The molecule has 1 radical (unpaired) electrons. The molecule has 0 saturated heterocycles. The average Bonchev–Trinajstić information content (AvgIpc) is 2.19. The van der Waals surface area contributed by atoms with Gasteiger partial charge < -0.3 is 4.74 Å². The molecule has 1 atom stereocenters. The third-order valence-electron chi connectivity index (χ3n) is 1.65. The molecule has 0 bridgehead atoms. The Bertz CT molecular complexity index is 276. The lowest BCUT2D eigenvalue weighted by atomic mass is 10.1. The van der Waals surface area contributed by atoms with Gasteiger partial charge in [-0.1, -0.05) is 30.3 Å². The third kappa shape index (κ3) is 3.23. The van der Waals surface area contributed by atoms with Gasteiger partial charge in [-0.05, 0) is 12.5 Å². The minimum Gasteiger partial charge on any atom is -0.465 e. The van der Waals surface area contributed by atoms with Crippen LogP contribution in [0.1, 0.15) is 18.6 Å². The van der Waals surface area contributed by atoms with Crippen LogP contribution in [0.4, 0.5) is 4.79 Å². The monoisotopic (exact) mass is 239 g/mol. The summed E-state index contributed by atoms with van der Waals surface area (Å²) < 4.78 is 5.04. The van der Waals surface area contributed by atoms with E-state index < -0.39 is 0 Å². The first-order valence-corrected chi connectivity index (χ1v) is 4.84. The van der Waals surface area contributed by atoms with Crippen molar-refractivity contribution in [1.82, 2.24) is 0 Å². The molecular weight excluding hydrogens is 231 g/mol. The molecule has 0 saturated carbocycles. The molecule has 1 aromatic rings. The van der Waals surface area contributed by atoms with Gasteiger partial charge in [0, 0.05) is 0 Å². The summed E-state index contributed by atoms with van der Waals surface area (Å²) in [5.41, 5.74) is 0.991. The van der Waals surface area contributed by atoms with Crippen molar-refractivity contribution in [2.24, 2.45) is 0 Å². The van der Waals surface area contributed by atoms with Gasteiger partial charge in [0.15, 0.2) is 0 Å². The van der Waals surface area contributed by atoms with Crippen LogP contribution >= 0.6 is 15.8 Å². The van der Waals surface area contributed by atoms with Crippen LogP contribution in [-0.2, 0) is 4.74 Å². The summed E-state index contributed by atoms with van der Waals surface area (Å²) in [5, 5.41) is 0. The van der Waals surface area contributed by atoms with E-state index in [0.29, 0.717) is 0 Å². The highest BCUT2D eigenvalue weighted by molar-refractivity contribution is 9.24. The van der Waals surface area contributed by atoms with Gasteiger partial charge in [0.25, 0.3) is 5.87 Å². The number of benzene rings is 1. The maximum absolute atomic E-state index is 10.9. The Morgan fingerprint density at radius 1 is 1.46 bits per heavy atom. The first-order valence-electron chi connectivity index (χ1n) is 3.93. The topological polar surface area (TPSA) is 26.3 Å². The van der Waals surface area contributed by atoms with Gasteiger partial charge in [0.05, 0.1) is 0 Å². The predicted octanol–water partition coefficient (Wildman–Crippen LogP) is 2.90. The minimum atomic E-state index is -0.364. The molecule has 0 aliphatic rings.